The van der Waals surface area contributed by atoms with E-state index in [-0.39, 0.29) is 48.8 Å². The zero-order valence-electron chi connectivity index (χ0n) is 14.3. The molecule has 2 aromatic rings. The van der Waals surface area contributed by atoms with Crippen molar-refractivity contribution in [2.24, 2.45) is 10.7 Å². The topological polar surface area (TPSA) is 89.1 Å². The Morgan fingerprint density at radius 2 is 1.75 bits per heavy atom. The molecule has 1 atom stereocenters. The van der Waals surface area contributed by atoms with Gasteiger partial charge in [-0.2, -0.15) is 0 Å². The number of hydrogen-bond donors (Lipinski definition) is 3. The number of nitrogens with one attached hydrogen (secondary N) is 1. The molecule has 0 saturated carbocycles. The Morgan fingerprint density at radius 1 is 1.14 bits per heavy atom. The van der Waals surface area contributed by atoms with Crippen LogP contribution in [0.15, 0.2) is 58.0 Å². The second kappa shape index (κ2) is 11.3. The summed E-state index contributed by atoms with van der Waals surface area (Å²) in [5.74, 6) is -0.0565. The zero-order chi connectivity index (χ0) is 19.9. The summed E-state index contributed by atoms with van der Waals surface area (Å²) in [6.07, 6.45) is -5.79. The summed E-state index contributed by atoms with van der Waals surface area (Å²) in [6, 6.07) is 12.5. The van der Waals surface area contributed by atoms with Crippen molar-refractivity contribution < 1.29 is 27.8 Å². The van der Waals surface area contributed by atoms with Crippen LogP contribution in [0, 0.1) is 0 Å². The maximum Gasteiger partial charge on any atom is 0.573 e. The van der Waals surface area contributed by atoms with Gasteiger partial charge >= 0.3 is 6.36 Å². The van der Waals surface area contributed by atoms with Crippen LogP contribution >= 0.6 is 39.9 Å². The third-order valence-electron chi connectivity index (χ3n) is 3.12. The van der Waals surface area contributed by atoms with E-state index in [1.165, 1.54) is 18.2 Å². The van der Waals surface area contributed by atoms with Crippen molar-refractivity contribution in [1.29, 1.82) is 0 Å². The average molecular weight is 576 g/mol. The number of aliphatic imine (C=N–C) groups is 1. The number of nitrogens with two attached hydrogens (primary N) is 1. The highest BCUT2D eigenvalue weighted by atomic mass is 127. The first-order valence-corrected chi connectivity index (χ1v) is 8.51. The number of guanidine groups is 1. The van der Waals surface area contributed by atoms with Gasteiger partial charge in [-0.15, -0.1) is 37.1 Å². The van der Waals surface area contributed by atoms with Gasteiger partial charge in [-0.05, 0) is 40.2 Å². The Kier molecular flexibility index (Phi) is 9.82. The van der Waals surface area contributed by atoms with Gasteiger partial charge in [0, 0.05) is 0 Å². The predicted molar refractivity (Wildman–Crippen MR) is 114 cm³/mol. The summed E-state index contributed by atoms with van der Waals surface area (Å²) in [6.45, 7) is -0.140. The molecule has 154 valence electrons. The van der Waals surface area contributed by atoms with Gasteiger partial charge in [0.1, 0.15) is 18.5 Å². The van der Waals surface area contributed by atoms with Crippen molar-refractivity contribution in [1.82, 2.24) is 0 Å². The SMILES string of the molecule is I.NC(=NCC(O)COc1ccccc1Br)Nc1ccccc1OC(F)(F)F. The number of nitrogens with zero attached hydrogens (tertiary/aromatic N) is 1. The van der Waals surface area contributed by atoms with Gasteiger partial charge in [0.25, 0.3) is 0 Å². The molecule has 28 heavy (non-hydrogen) atoms. The summed E-state index contributed by atoms with van der Waals surface area (Å²) < 4.78 is 47.3. The molecule has 0 radical (unpaired) electrons. The number of anilines is 1. The van der Waals surface area contributed by atoms with Crippen LogP contribution < -0.4 is 20.5 Å². The molecule has 0 bridgehead atoms. The maximum atomic E-state index is 12.4. The van der Waals surface area contributed by atoms with Gasteiger partial charge in [0.05, 0.1) is 16.7 Å². The number of alkyl halides is 3. The van der Waals surface area contributed by atoms with Crippen molar-refractivity contribution in [3.8, 4) is 11.5 Å². The molecule has 1 unspecified atom stereocenters. The molecule has 0 spiro atoms. The van der Waals surface area contributed by atoms with Crippen LogP contribution in [0.4, 0.5) is 18.9 Å². The minimum atomic E-state index is -4.83. The van der Waals surface area contributed by atoms with Crippen molar-refractivity contribution in [3.05, 3.63) is 53.0 Å². The molecular weight excluding hydrogens is 558 g/mol. The van der Waals surface area contributed by atoms with Gasteiger partial charge in [0.2, 0.25) is 0 Å². The first-order valence-electron chi connectivity index (χ1n) is 7.71. The normalized spacial score (nSPS) is 12.7. The molecule has 0 aliphatic rings. The highest BCUT2D eigenvalue weighted by Gasteiger charge is 2.32. The molecule has 0 amide bonds. The number of aliphatic hydroxyl groups excluding tert-OH is 1. The maximum absolute atomic E-state index is 12.4. The number of para-hydroxylation sites is 3. The fourth-order valence-electron chi connectivity index (χ4n) is 1.97. The second-order valence-corrected chi connectivity index (χ2v) is 6.14. The van der Waals surface area contributed by atoms with E-state index >= 15 is 0 Å². The van der Waals surface area contributed by atoms with Crippen LogP contribution in [-0.4, -0.2) is 36.7 Å². The molecule has 0 saturated heterocycles. The standard InChI is InChI=1S/C17H17BrF3N3O3.HI/c18-12-5-1-3-7-14(12)26-10-11(25)9-23-16(22)24-13-6-2-4-8-15(13)27-17(19,20)21;/h1-8,11,25H,9-10H2,(H3,22,23,24);1H. The number of hydrogen-bond acceptors (Lipinski definition) is 4. The molecule has 0 fully saturated rings. The van der Waals surface area contributed by atoms with Gasteiger partial charge in [-0.25, -0.2) is 0 Å². The van der Waals surface area contributed by atoms with Crippen LogP contribution in [0.5, 0.6) is 11.5 Å². The fourth-order valence-corrected chi connectivity index (χ4v) is 2.36. The monoisotopic (exact) mass is 575 g/mol. The van der Waals surface area contributed by atoms with Gasteiger partial charge in [-0.1, -0.05) is 24.3 Å². The van der Waals surface area contributed by atoms with E-state index in [4.69, 9.17) is 10.5 Å². The van der Waals surface area contributed by atoms with Crippen LogP contribution in [0.1, 0.15) is 0 Å². The quantitative estimate of drug-likeness (QED) is 0.262. The molecule has 0 aromatic heterocycles. The van der Waals surface area contributed by atoms with Gasteiger partial charge < -0.3 is 25.6 Å². The van der Waals surface area contributed by atoms with Gasteiger partial charge in [0.15, 0.2) is 11.7 Å². The van der Waals surface area contributed by atoms with E-state index in [0.717, 1.165) is 10.5 Å². The van der Waals surface area contributed by atoms with E-state index < -0.39 is 18.2 Å². The van der Waals surface area contributed by atoms with Crippen molar-refractivity contribution in [2.75, 3.05) is 18.5 Å². The Hall–Kier alpha value is -1.73. The highest BCUT2D eigenvalue weighted by molar-refractivity contribution is 14.0. The molecule has 2 rings (SSSR count). The smallest absolute Gasteiger partial charge is 0.490 e. The van der Waals surface area contributed by atoms with E-state index in [2.05, 4.69) is 31.0 Å². The van der Waals surface area contributed by atoms with Gasteiger partial charge in [-0.3, -0.25) is 4.99 Å². The van der Waals surface area contributed by atoms with Crippen LogP contribution in [-0.2, 0) is 0 Å². The van der Waals surface area contributed by atoms with E-state index in [9.17, 15) is 18.3 Å². The second-order valence-electron chi connectivity index (χ2n) is 5.29. The molecule has 2 aromatic carbocycles. The molecule has 0 aliphatic heterocycles. The Balaban J connectivity index is 0.00000392. The van der Waals surface area contributed by atoms with Crippen LogP contribution in [0.3, 0.4) is 0 Å². The molecular formula is C17H18BrF3IN3O3. The largest absolute Gasteiger partial charge is 0.573 e. The van der Waals surface area contributed by atoms with E-state index in [1.54, 1.807) is 18.2 Å². The predicted octanol–water partition coefficient (Wildman–Crippen LogP) is 4.13. The Bertz CT molecular complexity index is 793. The zero-order valence-corrected chi connectivity index (χ0v) is 18.2. The minimum absolute atomic E-state index is 0. The van der Waals surface area contributed by atoms with Crippen molar-refractivity contribution in [3.63, 3.8) is 0 Å². The lowest BCUT2D eigenvalue weighted by molar-refractivity contribution is -0.274. The summed E-state index contributed by atoms with van der Waals surface area (Å²) in [4.78, 5) is 3.90. The lowest BCUT2D eigenvalue weighted by Crippen LogP contribution is -2.27. The van der Waals surface area contributed by atoms with Crippen molar-refractivity contribution >= 4 is 51.6 Å². The summed E-state index contributed by atoms with van der Waals surface area (Å²) >= 11 is 3.32. The Labute approximate surface area is 185 Å². The molecule has 4 N–H and O–H groups in total. The van der Waals surface area contributed by atoms with Crippen molar-refractivity contribution in [2.45, 2.75) is 12.5 Å². The third-order valence-corrected chi connectivity index (χ3v) is 3.77. The lowest BCUT2D eigenvalue weighted by Gasteiger charge is -2.15. The fraction of sp³-hybridized carbons (Fsp3) is 0.235. The molecule has 0 aliphatic carbocycles. The third kappa shape index (κ3) is 8.52. The molecule has 6 nitrogen and oxygen atoms in total. The van der Waals surface area contributed by atoms with E-state index in [0.29, 0.717) is 5.75 Å². The molecule has 11 heteroatoms. The summed E-state index contributed by atoms with van der Waals surface area (Å²) in [5.41, 5.74) is 5.66. The number of ether oxygens (including phenoxy) is 2. The van der Waals surface area contributed by atoms with E-state index in [1.807, 2.05) is 6.07 Å². The first kappa shape index (κ1) is 24.3. The molecule has 0 heterocycles. The average Bonchev–Trinajstić information content (AvgIpc) is 2.60. The summed E-state index contributed by atoms with van der Waals surface area (Å²) in [7, 11) is 0. The number of rotatable bonds is 7. The highest BCUT2D eigenvalue weighted by Crippen LogP contribution is 2.29. The Morgan fingerprint density at radius 3 is 2.39 bits per heavy atom. The number of aliphatic hydroxyl groups is 1. The first-order chi connectivity index (χ1) is 12.7. The number of benzene rings is 2. The summed E-state index contributed by atoms with van der Waals surface area (Å²) in [5, 5.41) is 12.4. The van der Waals surface area contributed by atoms with Crippen LogP contribution in [0.25, 0.3) is 0 Å². The van der Waals surface area contributed by atoms with Crippen LogP contribution in [0.2, 0.25) is 0 Å². The minimum Gasteiger partial charge on any atom is -0.490 e. The lowest BCUT2D eigenvalue weighted by atomic mass is 10.3. The number of halogens is 5.